The highest BCUT2D eigenvalue weighted by Crippen LogP contribution is 2.38. The van der Waals surface area contributed by atoms with Crippen molar-refractivity contribution in [1.29, 1.82) is 0 Å². The summed E-state index contributed by atoms with van der Waals surface area (Å²) in [5.41, 5.74) is 8.38. The number of hydrogen-bond acceptors (Lipinski definition) is 2. The molecular formula is C18H19BrN2S. The minimum absolute atomic E-state index is 1.05. The van der Waals surface area contributed by atoms with Crippen molar-refractivity contribution < 1.29 is 0 Å². The summed E-state index contributed by atoms with van der Waals surface area (Å²) in [6.45, 7) is 6.61. The molecule has 1 aromatic carbocycles. The van der Waals surface area contributed by atoms with Gasteiger partial charge in [0.2, 0.25) is 0 Å². The molecule has 3 aromatic rings. The van der Waals surface area contributed by atoms with Crippen molar-refractivity contribution in [2.45, 2.75) is 26.8 Å². The number of benzene rings is 1. The van der Waals surface area contributed by atoms with E-state index >= 15 is 0 Å². The molecule has 0 aliphatic carbocycles. The zero-order chi connectivity index (χ0) is 15.4. The van der Waals surface area contributed by atoms with Gasteiger partial charge < -0.3 is 9.47 Å². The largest absolute Gasteiger partial charge is 0.311 e. The van der Waals surface area contributed by atoms with Gasteiger partial charge in [0.1, 0.15) is 0 Å². The number of halogens is 1. The number of thiophene rings is 1. The van der Waals surface area contributed by atoms with Crippen LogP contribution in [0, 0.1) is 13.8 Å². The van der Waals surface area contributed by atoms with Gasteiger partial charge in [-0.15, -0.1) is 11.3 Å². The van der Waals surface area contributed by atoms with E-state index < -0.39 is 0 Å². The van der Waals surface area contributed by atoms with Crippen molar-refractivity contribution in [2.75, 3.05) is 13.6 Å². The Morgan fingerprint density at radius 1 is 1.18 bits per heavy atom. The zero-order valence-corrected chi connectivity index (χ0v) is 15.5. The summed E-state index contributed by atoms with van der Waals surface area (Å²) in [6, 6.07) is 4.66. The van der Waals surface area contributed by atoms with Crippen molar-refractivity contribution in [3.8, 4) is 5.69 Å². The topological polar surface area (TPSA) is 8.17 Å². The van der Waals surface area contributed by atoms with E-state index in [9.17, 15) is 0 Å². The van der Waals surface area contributed by atoms with Crippen molar-refractivity contribution in [2.24, 2.45) is 0 Å². The Balaban J connectivity index is 2.14. The third-order valence-corrected chi connectivity index (χ3v) is 6.28. The number of likely N-dealkylation sites (N-methyl/N-ethyl adjacent to an activating group) is 1. The normalized spacial score (nSPS) is 15.5. The van der Waals surface area contributed by atoms with Crippen LogP contribution in [0.1, 0.15) is 22.4 Å². The second kappa shape index (κ2) is 5.22. The number of rotatable bonds is 1. The Hall–Kier alpha value is -1.10. The van der Waals surface area contributed by atoms with Gasteiger partial charge in [-0.1, -0.05) is 11.6 Å². The summed E-state index contributed by atoms with van der Waals surface area (Å²) in [5.74, 6) is 0. The standard InChI is InChI=1S/C18H19BrN2S/c1-11-6-12(2)18-13(7-11)14-8-20(3)5-4-16(14)21(18)17-10-22-9-15(17)19/h6-7,9-10H,4-5,8H2,1-3H3. The van der Waals surface area contributed by atoms with E-state index in [1.165, 1.54) is 43.4 Å². The minimum Gasteiger partial charge on any atom is -0.311 e. The van der Waals surface area contributed by atoms with Crippen LogP contribution in [0.15, 0.2) is 27.4 Å². The van der Waals surface area contributed by atoms with Gasteiger partial charge in [0.05, 0.1) is 15.7 Å². The molecule has 0 spiro atoms. The molecule has 0 radical (unpaired) electrons. The van der Waals surface area contributed by atoms with Crippen LogP contribution in [-0.4, -0.2) is 23.1 Å². The van der Waals surface area contributed by atoms with Gasteiger partial charge in [-0.05, 0) is 54.0 Å². The molecule has 0 amide bonds. The van der Waals surface area contributed by atoms with Gasteiger partial charge >= 0.3 is 0 Å². The Bertz CT molecular complexity index is 875. The first-order valence-corrected chi connectivity index (χ1v) is 9.34. The molecule has 4 heteroatoms. The third kappa shape index (κ3) is 2.08. The molecule has 0 atom stereocenters. The molecule has 4 rings (SSSR count). The molecular weight excluding hydrogens is 356 g/mol. The third-order valence-electron chi connectivity index (χ3n) is 4.61. The lowest BCUT2D eigenvalue weighted by atomic mass is 10.0. The molecule has 114 valence electrons. The lowest BCUT2D eigenvalue weighted by molar-refractivity contribution is 0.311. The van der Waals surface area contributed by atoms with E-state index in [1.54, 1.807) is 11.3 Å². The predicted molar refractivity (Wildman–Crippen MR) is 98.4 cm³/mol. The highest BCUT2D eigenvalue weighted by Gasteiger charge is 2.25. The summed E-state index contributed by atoms with van der Waals surface area (Å²) in [5, 5.41) is 5.85. The molecule has 22 heavy (non-hydrogen) atoms. The SMILES string of the molecule is Cc1cc(C)c2c(c1)c1c(n2-c2cscc2Br)CCN(C)C1. The Morgan fingerprint density at radius 3 is 2.73 bits per heavy atom. The first-order chi connectivity index (χ1) is 10.6. The van der Waals surface area contributed by atoms with E-state index in [4.69, 9.17) is 0 Å². The molecule has 1 aliphatic heterocycles. The van der Waals surface area contributed by atoms with Gasteiger partial charge in [-0.3, -0.25) is 0 Å². The zero-order valence-electron chi connectivity index (χ0n) is 13.1. The molecule has 0 bridgehead atoms. The van der Waals surface area contributed by atoms with Crippen LogP contribution >= 0.6 is 27.3 Å². The summed E-state index contributed by atoms with van der Waals surface area (Å²) in [4.78, 5) is 2.42. The number of aryl methyl sites for hydroxylation is 2. The van der Waals surface area contributed by atoms with Gasteiger partial charge in [0.25, 0.3) is 0 Å². The fourth-order valence-corrected chi connectivity index (χ4v) is 5.13. The predicted octanol–water partition coefficient (Wildman–Crippen LogP) is 5.06. The van der Waals surface area contributed by atoms with Gasteiger partial charge in [-0.25, -0.2) is 0 Å². The summed E-state index contributed by atoms with van der Waals surface area (Å²) in [7, 11) is 2.22. The van der Waals surface area contributed by atoms with Crippen LogP contribution in [0.5, 0.6) is 0 Å². The van der Waals surface area contributed by atoms with Crippen molar-refractivity contribution in [1.82, 2.24) is 9.47 Å². The van der Waals surface area contributed by atoms with Crippen molar-refractivity contribution in [3.63, 3.8) is 0 Å². The minimum atomic E-state index is 1.05. The smallest absolute Gasteiger partial charge is 0.0708 e. The van der Waals surface area contributed by atoms with Crippen LogP contribution in [0.4, 0.5) is 0 Å². The van der Waals surface area contributed by atoms with E-state index in [-0.39, 0.29) is 0 Å². The maximum atomic E-state index is 3.73. The van der Waals surface area contributed by atoms with Gasteiger partial charge in [-0.2, -0.15) is 0 Å². The number of fused-ring (bicyclic) bond motifs is 3. The monoisotopic (exact) mass is 374 g/mol. The molecule has 0 saturated carbocycles. The Labute approximate surface area is 143 Å². The van der Waals surface area contributed by atoms with Crippen molar-refractivity contribution in [3.05, 3.63) is 49.7 Å². The Morgan fingerprint density at radius 2 is 2.00 bits per heavy atom. The maximum Gasteiger partial charge on any atom is 0.0708 e. The lowest BCUT2D eigenvalue weighted by Crippen LogP contribution is -2.27. The molecule has 1 aliphatic rings. The van der Waals surface area contributed by atoms with Crippen LogP contribution in [-0.2, 0) is 13.0 Å². The average molecular weight is 375 g/mol. The second-order valence-electron chi connectivity index (χ2n) is 6.33. The number of aromatic nitrogens is 1. The molecule has 0 saturated heterocycles. The van der Waals surface area contributed by atoms with Crippen molar-refractivity contribution >= 4 is 38.2 Å². The fourth-order valence-electron chi connectivity index (χ4n) is 3.70. The van der Waals surface area contributed by atoms with Crippen LogP contribution in [0.3, 0.4) is 0 Å². The van der Waals surface area contributed by atoms with E-state index in [0.717, 1.165) is 19.5 Å². The van der Waals surface area contributed by atoms with Crippen LogP contribution < -0.4 is 0 Å². The fraction of sp³-hybridized carbons (Fsp3) is 0.333. The summed E-state index contributed by atoms with van der Waals surface area (Å²) < 4.78 is 3.68. The molecule has 0 unspecified atom stereocenters. The highest BCUT2D eigenvalue weighted by atomic mass is 79.9. The maximum absolute atomic E-state index is 3.73. The highest BCUT2D eigenvalue weighted by molar-refractivity contribution is 9.10. The average Bonchev–Trinajstić information content (AvgIpc) is 3.00. The summed E-state index contributed by atoms with van der Waals surface area (Å²) in [6.07, 6.45) is 1.11. The molecule has 2 aromatic heterocycles. The number of nitrogens with zero attached hydrogens (tertiary/aromatic N) is 2. The molecule has 0 fully saturated rings. The summed E-state index contributed by atoms with van der Waals surface area (Å²) >= 11 is 5.49. The second-order valence-corrected chi connectivity index (χ2v) is 7.93. The van der Waals surface area contributed by atoms with Gasteiger partial charge in [0, 0.05) is 41.4 Å². The van der Waals surface area contributed by atoms with E-state index in [2.05, 4.69) is 69.2 Å². The molecule has 2 nitrogen and oxygen atoms in total. The Kier molecular flexibility index (Phi) is 3.44. The van der Waals surface area contributed by atoms with Crippen LogP contribution in [0.25, 0.3) is 16.6 Å². The first-order valence-electron chi connectivity index (χ1n) is 7.60. The number of hydrogen-bond donors (Lipinski definition) is 0. The lowest BCUT2D eigenvalue weighted by Gasteiger charge is -2.24. The molecule has 3 heterocycles. The van der Waals surface area contributed by atoms with Crippen LogP contribution in [0.2, 0.25) is 0 Å². The first kappa shape index (κ1) is 14.5. The van der Waals surface area contributed by atoms with Gasteiger partial charge in [0.15, 0.2) is 0 Å². The molecule has 0 N–H and O–H groups in total. The van der Waals surface area contributed by atoms with E-state index in [1.807, 2.05) is 0 Å². The quantitative estimate of drug-likeness (QED) is 0.577. The van der Waals surface area contributed by atoms with E-state index in [0.29, 0.717) is 0 Å².